The van der Waals surface area contributed by atoms with Crippen molar-refractivity contribution in [1.82, 2.24) is 24.3 Å². The number of nitrogens with zero attached hydrogens (tertiary/aromatic N) is 6. The zero-order valence-corrected chi connectivity index (χ0v) is 26.2. The molecule has 1 saturated carbocycles. The quantitative estimate of drug-likeness (QED) is 0.101. The van der Waals surface area contributed by atoms with Crippen LogP contribution < -0.4 is 0 Å². The highest BCUT2D eigenvalue weighted by molar-refractivity contribution is 9.10. The van der Waals surface area contributed by atoms with E-state index in [0.29, 0.717) is 59.3 Å². The molecule has 0 aliphatic heterocycles. The molecule has 0 unspecified atom stereocenters. The average molecular weight is 664 g/mol. The van der Waals surface area contributed by atoms with E-state index in [1.54, 1.807) is 4.68 Å². The third-order valence-electron chi connectivity index (χ3n) is 6.27. The van der Waals surface area contributed by atoms with Gasteiger partial charge < -0.3 is 9.47 Å². The molecule has 1 aromatic carbocycles. The third kappa shape index (κ3) is 6.39. The van der Waals surface area contributed by atoms with Crippen molar-refractivity contribution in [3.63, 3.8) is 0 Å². The molecule has 2 heterocycles. The van der Waals surface area contributed by atoms with Gasteiger partial charge in [-0.25, -0.2) is 23.8 Å². The predicted molar refractivity (Wildman–Crippen MR) is 150 cm³/mol. The Labute approximate surface area is 239 Å². The summed E-state index contributed by atoms with van der Waals surface area (Å²) in [7, 11) is -4.05. The van der Waals surface area contributed by atoms with E-state index >= 15 is 0 Å². The number of sulfonamides is 1. The molecule has 10 nitrogen and oxygen atoms in total. The van der Waals surface area contributed by atoms with Gasteiger partial charge in [0.2, 0.25) is 0 Å². The lowest BCUT2D eigenvalue weighted by Gasteiger charge is -2.24. The molecule has 1 fully saturated rings. The van der Waals surface area contributed by atoms with Crippen molar-refractivity contribution in [3.8, 4) is 10.7 Å². The van der Waals surface area contributed by atoms with Crippen molar-refractivity contribution < 1.29 is 26.7 Å². The summed E-state index contributed by atoms with van der Waals surface area (Å²) in [5.74, 6) is 0. The Bertz CT molecular complexity index is 1500. The van der Waals surface area contributed by atoms with Crippen molar-refractivity contribution >= 4 is 56.3 Å². The standard InChI is InChI=1S/C23H29BrF2N6O4S2Si/c1-27-23(6-7-23)32(14-36-10-11-39(3,4)5)38(33,34)15-12-16-18(21-28-29-22(37-21)20(25)26)30-31(8-9-35-2)19(16)17(24)13-15/h12-13,20H,6-11,14H2,2-5H3. The van der Waals surface area contributed by atoms with Gasteiger partial charge in [-0.1, -0.05) is 35.3 Å². The monoisotopic (exact) mass is 662 g/mol. The number of hydrogen-bond acceptors (Lipinski definition) is 8. The highest BCUT2D eigenvalue weighted by Gasteiger charge is 2.61. The van der Waals surface area contributed by atoms with E-state index in [0.717, 1.165) is 10.3 Å². The maximum Gasteiger partial charge on any atom is 0.303 e. The molecule has 0 spiro atoms. The molecular weight excluding hydrogens is 634 g/mol. The Hall–Kier alpha value is -1.87. The van der Waals surface area contributed by atoms with Crippen LogP contribution in [-0.2, 0) is 26.0 Å². The Morgan fingerprint density at radius 3 is 2.56 bits per heavy atom. The van der Waals surface area contributed by atoms with Gasteiger partial charge in [-0.15, -0.1) is 10.2 Å². The molecule has 212 valence electrons. The molecule has 1 aliphatic carbocycles. The lowest BCUT2D eigenvalue weighted by Crippen LogP contribution is -2.42. The van der Waals surface area contributed by atoms with Gasteiger partial charge in [-0.05, 0) is 34.1 Å². The Kier molecular flexibility index (Phi) is 8.91. The highest BCUT2D eigenvalue weighted by atomic mass is 79.9. The first-order chi connectivity index (χ1) is 18.3. The van der Waals surface area contributed by atoms with Crippen molar-refractivity contribution in [2.45, 2.75) is 62.1 Å². The van der Waals surface area contributed by atoms with Crippen LogP contribution in [0.4, 0.5) is 8.78 Å². The van der Waals surface area contributed by atoms with Gasteiger partial charge in [-0.2, -0.15) is 5.10 Å². The largest absolute Gasteiger partial charge is 0.383 e. The first-order valence-electron chi connectivity index (χ1n) is 12.1. The minimum atomic E-state index is -4.19. The van der Waals surface area contributed by atoms with Crippen LogP contribution in [0.25, 0.3) is 26.4 Å². The van der Waals surface area contributed by atoms with E-state index in [-0.39, 0.29) is 22.3 Å². The minimum Gasteiger partial charge on any atom is -0.383 e. The van der Waals surface area contributed by atoms with Crippen LogP contribution in [0.2, 0.25) is 25.7 Å². The van der Waals surface area contributed by atoms with E-state index in [2.05, 4.69) is 55.7 Å². The predicted octanol–water partition coefficient (Wildman–Crippen LogP) is 5.61. The first-order valence-corrected chi connectivity index (χ1v) is 18.9. The van der Waals surface area contributed by atoms with Gasteiger partial charge in [0, 0.05) is 31.6 Å². The SMILES string of the molecule is [C-]#[N+]C1(N(COCC[Si](C)(C)C)S(=O)(=O)c2cc(Br)c3c(c2)c(-c2nnc(C(F)F)s2)nn3CCOC)CC1. The topological polar surface area (TPSA) is 104 Å². The number of ether oxygens (including phenoxy) is 2. The zero-order chi connectivity index (χ0) is 28.6. The van der Waals surface area contributed by atoms with Crippen LogP contribution in [-0.4, -0.2) is 73.5 Å². The number of alkyl halides is 2. The van der Waals surface area contributed by atoms with Gasteiger partial charge in [0.15, 0.2) is 10.0 Å². The number of aromatic nitrogens is 4. The molecule has 0 radical (unpaired) electrons. The van der Waals surface area contributed by atoms with Crippen molar-refractivity contribution in [2.75, 3.05) is 27.1 Å². The second kappa shape index (κ2) is 11.5. The maximum absolute atomic E-state index is 14.0. The summed E-state index contributed by atoms with van der Waals surface area (Å²) in [5, 5.41) is 12.1. The van der Waals surface area contributed by atoms with E-state index in [9.17, 15) is 17.2 Å². The van der Waals surface area contributed by atoms with Gasteiger partial charge in [0.25, 0.3) is 16.4 Å². The fourth-order valence-electron chi connectivity index (χ4n) is 3.90. The summed E-state index contributed by atoms with van der Waals surface area (Å²) in [6.07, 6.45) is -1.96. The number of halogens is 3. The molecule has 39 heavy (non-hydrogen) atoms. The highest BCUT2D eigenvalue weighted by Crippen LogP contribution is 2.47. The molecule has 16 heteroatoms. The Morgan fingerprint density at radius 2 is 2.00 bits per heavy atom. The average Bonchev–Trinajstić information content (AvgIpc) is 3.31. The number of fused-ring (bicyclic) bond motifs is 1. The second-order valence-electron chi connectivity index (χ2n) is 10.4. The number of methoxy groups -OCH3 is 1. The lowest BCUT2D eigenvalue weighted by atomic mass is 10.2. The van der Waals surface area contributed by atoms with E-state index in [4.69, 9.17) is 16.0 Å². The van der Waals surface area contributed by atoms with Crippen LogP contribution in [0.1, 0.15) is 24.3 Å². The van der Waals surface area contributed by atoms with Crippen LogP contribution >= 0.6 is 27.3 Å². The molecule has 0 saturated heterocycles. The second-order valence-corrected chi connectivity index (χ2v) is 19.8. The molecular formula is C23H29BrF2N6O4S2Si. The Balaban J connectivity index is 1.79. The summed E-state index contributed by atoms with van der Waals surface area (Å²) < 4.78 is 68.6. The smallest absolute Gasteiger partial charge is 0.303 e. The number of rotatable bonds is 13. The van der Waals surface area contributed by atoms with Crippen LogP contribution in [0, 0.1) is 6.57 Å². The van der Waals surface area contributed by atoms with E-state index in [1.807, 2.05) is 0 Å². The third-order valence-corrected chi connectivity index (χ3v) is 11.4. The number of hydrogen-bond donors (Lipinski definition) is 0. The summed E-state index contributed by atoms with van der Waals surface area (Å²) in [4.78, 5) is 3.58. The molecule has 1 aliphatic rings. The fourth-order valence-corrected chi connectivity index (χ4v) is 7.84. The van der Waals surface area contributed by atoms with Gasteiger partial charge in [-0.3, -0.25) is 9.53 Å². The maximum atomic E-state index is 14.0. The molecule has 0 N–H and O–H groups in total. The van der Waals surface area contributed by atoms with E-state index in [1.165, 1.54) is 19.2 Å². The molecule has 4 rings (SSSR count). The minimum absolute atomic E-state index is 0.0725. The van der Waals surface area contributed by atoms with Crippen LogP contribution in [0.15, 0.2) is 21.5 Å². The molecule has 0 bridgehead atoms. The van der Waals surface area contributed by atoms with Crippen LogP contribution in [0.3, 0.4) is 0 Å². The van der Waals surface area contributed by atoms with Crippen LogP contribution in [0.5, 0.6) is 0 Å². The normalized spacial score (nSPS) is 15.4. The number of benzene rings is 1. The first kappa shape index (κ1) is 30.1. The van der Waals surface area contributed by atoms with Crippen molar-refractivity contribution in [2.24, 2.45) is 0 Å². The molecule has 2 aromatic heterocycles. The Morgan fingerprint density at radius 1 is 1.28 bits per heavy atom. The van der Waals surface area contributed by atoms with Gasteiger partial charge in [0.1, 0.15) is 12.4 Å². The molecule has 3 aromatic rings. The fraction of sp³-hybridized carbons (Fsp3) is 0.565. The van der Waals surface area contributed by atoms with Crippen molar-refractivity contribution in [3.05, 3.63) is 33.0 Å². The lowest BCUT2D eigenvalue weighted by molar-refractivity contribution is 0.0642. The van der Waals surface area contributed by atoms with E-state index < -0.39 is 35.2 Å². The van der Waals surface area contributed by atoms with Gasteiger partial charge >= 0.3 is 5.66 Å². The summed E-state index contributed by atoms with van der Waals surface area (Å²) >= 11 is 4.18. The molecule has 0 atom stereocenters. The molecule has 0 amide bonds. The summed E-state index contributed by atoms with van der Waals surface area (Å²) in [5.41, 5.74) is -0.400. The van der Waals surface area contributed by atoms with Crippen molar-refractivity contribution in [1.29, 1.82) is 0 Å². The van der Waals surface area contributed by atoms with Gasteiger partial charge in [0.05, 0.1) is 36.4 Å². The summed E-state index contributed by atoms with van der Waals surface area (Å²) in [6.45, 7) is 15.1. The zero-order valence-electron chi connectivity index (χ0n) is 21.9. The summed E-state index contributed by atoms with van der Waals surface area (Å²) in [6, 6.07) is 3.77.